The molecule has 0 unspecified atom stereocenters. The molecule has 1 N–H and O–H groups in total. The first-order valence-corrected chi connectivity index (χ1v) is 10.5. The van der Waals surface area contributed by atoms with Gasteiger partial charge in [0.05, 0.1) is 31.2 Å². The van der Waals surface area contributed by atoms with E-state index in [9.17, 15) is 4.79 Å². The van der Waals surface area contributed by atoms with Gasteiger partial charge in [0.15, 0.2) is 0 Å². The number of ether oxygens (including phenoxy) is 2. The maximum absolute atomic E-state index is 13.1. The lowest BCUT2D eigenvalue weighted by Gasteiger charge is -2.29. The maximum Gasteiger partial charge on any atom is 0.251 e. The van der Waals surface area contributed by atoms with E-state index in [1.165, 1.54) is 0 Å². The van der Waals surface area contributed by atoms with E-state index in [2.05, 4.69) is 15.4 Å². The van der Waals surface area contributed by atoms with Crippen molar-refractivity contribution in [1.29, 1.82) is 0 Å². The molecule has 3 aromatic heterocycles. The van der Waals surface area contributed by atoms with Gasteiger partial charge in [-0.05, 0) is 37.8 Å². The van der Waals surface area contributed by atoms with E-state index in [0.29, 0.717) is 30.3 Å². The highest BCUT2D eigenvalue weighted by Gasteiger charge is 2.24. The summed E-state index contributed by atoms with van der Waals surface area (Å²) < 4.78 is 14.4. The SMILES string of the molecule is COCCO[C@H]1CC[C@H](NC(=O)c2cc(-c3cnn(C)c3)nc(-n3ccnc3)c2)CC1. The fraction of sp³-hybridized carbons (Fsp3) is 0.455. The Morgan fingerprint density at radius 2 is 2.06 bits per heavy atom. The van der Waals surface area contributed by atoms with Crippen molar-refractivity contribution in [3.8, 4) is 17.1 Å². The number of pyridine rings is 1. The third-order valence-electron chi connectivity index (χ3n) is 5.49. The van der Waals surface area contributed by atoms with E-state index < -0.39 is 0 Å². The first kappa shape index (κ1) is 21.2. The van der Waals surface area contributed by atoms with Crippen molar-refractivity contribution >= 4 is 5.91 Å². The number of carbonyl (C=O) groups excluding carboxylic acids is 1. The van der Waals surface area contributed by atoms with E-state index in [1.54, 1.807) is 41.1 Å². The molecule has 9 nitrogen and oxygen atoms in total. The molecular formula is C22H28N6O3. The lowest BCUT2D eigenvalue weighted by Crippen LogP contribution is -2.39. The van der Waals surface area contributed by atoms with Gasteiger partial charge >= 0.3 is 0 Å². The van der Waals surface area contributed by atoms with E-state index >= 15 is 0 Å². The fourth-order valence-corrected chi connectivity index (χ4v) is 3.82. The highest BCUT2D eigenvalue weighted by Crippen LogP contribution is 2.23. The van der Waals surface area contributed by atoms with Gasteiger partial charge in [0.2, 0.25) is 0 Å². The second-order valence-electron chi connectivity index (χ2n) is 7.78. The van der Waals surface area contributed by atoms with Crippen LogP contribution in [0.3, 0.4) is 0 Å². The molecule has 3 heterocycles. The number of nitrogens with one attached hydrogen (secondary N) is 1. The number of aromatic nitrogens is 5. The molecule has 0 atom stereocenters. The van der Waals surface area contributed by atoms with Gasteiger partial charge in [-0.15, -0.1) is 0 Å². The van der Waals surface area contributed by atoms with E-state index in [4.69, 9.17) is 14.5 Å². The molecule has 0 bridgehead atoms. The number of carbonyl (C=O) groups is 1. The smallest absolute Gasteiger partial charge is 0.251 e. The van der Waals surface area contributed by atoms with Gasteiger partial charge < -0.3 is 14.8 Å². The van der Waals surface area contributed by atoms with Crippen molar-refractivity contribution in [2.45, 2.75) is 37.8 Å². The van der Waals surface area contributed by atoms with Crippen molar-refractivity contribution in [2.75, 3.05) is 20.3 Å². The summed E-state index contributed by atoms with van der Waals surface area (Å²) in [5.74, 6) is 0.539. The van der Waals surface area contributed by atoms with Crippen LogP contribution in [0.15, 0.2) is 43.2 Å². The van der Waals surface area contributed by atoms with E-state index in [0.717, 1.165) is 31.2 Å². The lowest BCUT2D eigenvalue weighted by molar-refractivity contribution is -0.00408. The Balaban J connectivity index is 1.47. The zero-order chi connectivity index (χ0) is 21.6. The zero-order valence-corrected chi connectivity index (χ0v) is 17.9. The van der Waals surface area contributed by atoms with Crippen LogP contribution in [-0.2, 0) is 16.5 Å². The highest BCUT2D eigenvalue weighted by molar-refractivity contribution is 5.95. The van der Waals surface area contributed by atoms with Crippen LogP contribution in [0.2, 0.25) is 0 Å². The Bertz CT molecular complexity index is 993. The van der Waals surface area contributed by atoms with Gasteiger partial charge in [0.25, 0.3) is 5.91 Å². The molecule has 0 spiro atoms. The molecule has 3 aromatic rings. The monoisotopic (exact) mass is 424 g/mol. The Hall–Kier alpha value is -3.04. The summed E-state index contributed by atoms with van der Waals surface area (Å²) in [6.07, 6.45) is 12.7. The van der Waals surface area contributed by atoms with Crippen molar-refractivity contribution < 1.29 is 14.3 Å². The summed E-state index contributed by atoms with van der Waals surface area (Å²) in [5, 5.41) is 7.41. The average Bonchev–Trinajstić information content (AvgIpc) is 3.47. The molecule has 164 valence electrons. The normalized spacial score (nSPS) is 18.8. The third kappa shape index (κ3) is 5.36. The van der Waals surface area contributed by atoms with Crippen LogP contribution in [0.1, 0.15) is 36.0 Å². The first-order valence-electron chi connectivity index (χ1n) is 10.5. The number of methoxy groups -OCH3 is 1. The Morgan fingerprint density at radius 3 is 2.74 bits per heavy atom. The topological polar surface area (TPSA) is 96.1 Å². The summed E-state index contributed by atoms with van der Waals surface area (Å²) in [5.41, 5.74) is 2.11. The molecule has 0 radical (unpaired) electrons. The lowest BCUT2D eigenvalue weighted by atomic mass is 9.92. The summed E-state index contributed by atoms with van der Waals surface area (Å²) in [6.45, 7) is 1.22. The van der Waals surface area contributed by atoms with Crippen molar-refractivity contribution in [3.63, 3.8) is 0 Å². The number of imidazole rings is 1. The molecular weight excluding hydrogens is 396 g/mol. The molecule has 4 rings (SSSR count). The largest absolute Gasteiger partial charge is 0.382 e. The van der Waals surface area contributed by atoms with Crippen molar-refractivity contribution in [2.24, 2.45) is 7.05 Å². The van der Waals surface area contributed by atoms with Crippen LogP contribution < -0.4 is 5.32 Å². The van der Waals surface area contributed by atoms with Crippen LogP contribution in [0.4, 0.5) is 0 Å². The summed E-state index contributed by atoms with van der Waals surface area (Å²) in [7, 11) is 3.53. The maximum atomic E-state index is 13.1. The quantitative estimate of drug-likeness (QED) is 0.558. The molecule has 0 aromatic carbocycles. The summed E-state index contributed by atoms with van der Waals surface area (Å²) in [6, 6.07) is 3.74. The van der Waals surface area contributed by atoms with Crippen LogP contribution in [-0.4, -0.2) is 62.7 Å². The molecule has 0 saturated heterocycles. The third-order valence-corrected chi connectivity index (χ3v) is 5.49. The van der Waals surface area contributed by atoms with Crippen LogP contribution >= 0.6 is 0 Å². The van der Waals surface area contributed by atoms with Crippen LogP contribution in [0.25, 0.3) is 17.1 Å². The van der Waals surface area contributed by atoms with Gasteiger partial charge in [0.1, 0.15) is 12.1 Å². The van der Waals surface area contributed by atoms with Crippen molar-refractivity contribution in [3.05, 3.63) is 48.8 Å². The van der Waals surface area contributed by atoms with Gasteiger partial charge in [-0.3, -0.25) is 14.0 Å². The van der Waals surface area contributed by atoms with E-state index in [-0.39, 0.29) is 18.1 Å². The molecule has 31 heavy (non-hydrogen) atoms. The second kappa shape index (κ2) is 9.84. The Labute approximate surface area is 181 Å². The molecule has 1 aliphatic carbocycles. The predicted octanol–water partition coefficient (Wildman–Crippen LogP) is 2.37. The number of hydrogen-bond donors (Lipinski definition) is 1. The molecule has 1 fully saturated rings. The minimum atomic E-state index is -0.0994. The average molecular weight is 425 g/mol. The minimum Gasteiger partial charge on any atom is -0.382 e. The van der Waals surface area contributed by atoms with Gasteiger partial charge in [0, 0.05) is 49.9 Å². The second-order valence-corrected chi connectivity index (χ2v) is 7.78. The number of rotatable bonds is 8. The van der Waals surface area contributed by atoms with E-state index in [1.807, 2.05) is 25.5 Å². The van der Waals surface area contributed by atoms with Gasteiger partial charge in [-0.2, -0.15) is 5.10 Å². The summed E-state index contributed by atoms with van der Waals surface area (Å²) >= 11 is 0. The molecule has 0 aliphatic heterocycles. The number of amides is 1. The molecule has 1 aliphatic rings. The zero-order valence-electron chi connectivity index (χ0n) is 17.9. The molecule has 1 amide bonds. The molecule has 1 saturated carbocycles. The van der Waals surface area contributed by atoms with Crippen LogP contribution in [0.5, 0.6) is 0 Å². The molecule has 9 heteroatoms. The Morgan fingerprint density at radius 1 is 1.23 bits per heavy atom. The first-order chi connectivity index (χ1) is 15.1. The highest BCUT2D eigenvalue weighted by atomic mass is 16.5. The standard InChI is InChI=1S/C22H28N6O3/c1-27-14-17(13-24-27)20-11-16(12-21(26-20)28-8-7-23-15-28)22(29)25-18-3-5-19(6-4-18)31-10-9-30-2/h7-8,11-15,18-19H,3-6,9-10H2,1-2H3,(H,25,29)/t18-,19-. The number of hydrogen-bond acceptors (Lipinski definition) is 6. The Kier molecular flexibility index (Phi) is 6.73. The van der Waals surface area contributed by atoms with Crippen molar-refractivity contribution in [1.82, 2.24) is 29.6 Å². The van der Waals surface area contributed by atoms with Crippen LogP contribution in [0, 0.1) is 0 Å². The number of aryl methyl sites for hydroxylation is 1. The van der Waals surface area contributed by atoms with Gasteiger partial charge in [-0.25, -0.2) is 9.97 Å². The minimum absolute atomic E-state index is 0.0994. The fourth-order valence-electron chi connectivity index (χ4n) is 3.82. The van der Waals surface area contributed by atoms with Gasteiger partial charge in [-0.1, -0.05) is 0 Å². The number of nitrogens with zero attached hydrogens (tertiary/aromatic N) is 5. The summed E-state index contributed by atoms with van der Waals surface area (Å²) in [4.78, 5) is 21.9. The predicted molar refractivity (Wildman–Crippen MR) is 115 cm³/mol.